The molecule has 0 aromatic heterocycles. The van der Waals surface area contributed by atoms with E-state index in [9.17, 15) is 13.2 Å². The van der Waals surface area contributed by atoms with Gasteiger partial charge in [0.1, 0.15) is 5.75 Å². The molecule has 2 atom stereocenters. The highest BCUT2D eigenvalue weighted by atomic mass is 35.5. The lowest BCUT2D eigenvalue weighted by molar-refractivity contribution is 0.0912. The van der Waals surface area contributed by atoms with Crippen LogP contribution in [-0.4, -0.2) is 58.0 Å². The van der Waals surface area contributed by atoms with E-state index >= 15 is 0 Å². The van der Waals surface area contributed by atoms with Gasteiger partial charge in [0.2, 0.25) is 10.0 Å². The van der Waals surface area contributed by atoms with Gasteiger partial charge in [0.25, 0.3) is 5.91 Å². The highest BCUT2D eigenvalue weighted by Gasteiger charge is 2.27. The molecule has 0 bridgehead atoms. The molecule has 0 aliphatic carbocycles. The number of amides is 1. The maximum atomic E-state index is 12.8. The molecule has 154 valence electrons. The minimum Gasteiger partial charge on any atom is -0.496 e. The van der Waals surface area contributed by atoms with E-state index in [2.05, 4.69) is 17.6 Å². The summed E-state index contributed by atoms with van der Waals surface area (Å²) < 4.78 is 32.2. The van der Waals surface area contributed by atoms with Gasteiger partial charge in [-0.1, -0.05) is 20.8 Å². The summed E-state index contributed by atoms with van der Waals surface area (Å²) in [4.78, 5) is 12.9. The molecular weight excluding hydrogens is 390 g/mol. The number of nitrogens with one attached hydrogen (secondary N) is 2. The minimum atomic E-state index is -3.64. The van der Waals surface area contributed by atoms with Crippen molar-refractivity contribution in [2.75, 3.05) is 33.3 Å². The van der Waals surface area contributed by atoms with Crippen LogP contribution in [0.5, 0.6) is 5.75 Å². The normalized spacial score (nSPS) is 20.0. The van der Waals surface area contributed by atoms with Gasteiger partial charge in [0.15, 0.2) is 0 Å². The molecule has 0 radical (unpaired) electrons. The average Bonchev–Trinajstić information content (AvgIpc) is 2.63. The summed E-state index contributed by atoms with van der Waals surface area (Å²) in [5.41, 5.74) is 0.235. The molecule has 0 saturated carbocycles. The zero-order valence-electron chi connectivity index (χ0n) is 16.3. The fourth-order valence-electron chi connectivity index (χ4n) is 3.17. The molecule has 1 aromatic carbocycles. The quantitative estimate of drug-likeness (QED) is 0.704. The third kappa shape index (κ3) is 5.34. The van der Waals surface area contributed by atoms with E-state index in [0.29, 0.717) is 31.3 Å². The second kappa shape index (κ2) is 10.3. The van der Waals surface area contributed by atoms with E-state index in [0.717, 1.165) is 13.0 Å². The van der Waals surface area contributed by atoms with E-state index in [1.807, 2.05) is 0 Å². The smallest absolute Gasteiger partial charge is 0.255 e. The van der Waals surface area contributed by atoms with Crippen molar-refractivity contribution in [2.24, 2.45) is 5.92 Å². The fourth-order valence-corrected chi connectivity index (χ4v) is 4.65. The molecule has 1 fully saturated rings. The summed E-state index contributed by atoms with van der Waals surface area (Å²) in [6.45, 7) is 8.06. The van der Waals surface area contributed by atoms with Crippen molar-refractivity contribution >= 4 is 28.3 Å². The molecular formula is C18H30ClN3O4S. The van der Waals surface area contributed by atoms with Gasteiger partial charge in [-0.25, -0.2) is 8.42 Å². The van der Waals surface area contributed by atoms with Crippen LogP contribution < -0.4 is 15.4 Å². The predicted octanol–water partition coefficient (Wildman–Crippen LogP) is 1.88. The molecule has 1 saturated heterocycles. The lowest BCUT2D eigenvalue weighted by Gasteiger charge is -2.30. The molecule has 1 aliphatic rings. The van der Waals surface area contributed by atoms with E-state index in [1.165, 1.54) is 29.6 Å². The van der Waals surface area contributed by atoms with E-state index in [4.69, 9.17) is 4.74 Å². The van der Waals surface area contributed by atoms with Crippen LogP contribution in [0.2, 0.25) is 0 Å². The van der Waals surface area contributed by atoms with Gasteiger partial charge in [-0.05, 0) is 37.1 Å². The lowest BCUT2D eigenvalue weighted by Crippen LogP contribution is -2.50. The van der Waals surface area contributed by atoms with Gasteiger partial charge >= 0.3 is 0 Å². The molecule has 2 rings (SSSR count). The van der Waals surface area contributed by atoms with Gasteiger partial charge in [-0.2, -0.15) is 4.31 Å². The Morgan fingerprint density at radius 3 is 2.56 bits per heavy atom. The second-order valence-electron chi connectivity index (χ2n) is 6.50. The van der Waals surface area contributed by atoms with Gasteiger partial charge < -0.3 is 15.4 Å². The summed E-state index contributed by atoms with van der Waals surface area (Å²) in [7, 11) is -2.17. The Kier molecular flexibility index (Phi) is 9.01. The van der Waals surface area contributed by atoms with Gasteiger partial charge in [-0.15, -0.1) is 12.4 Å². The van der Waals surface area contributed by atoms with E-state index in [1.54, 1.807) is 13.8 Å². The number of ether oxygens (including phenoxy) is 1. The van der Waals surface area contributed by atoms with Crippen LogP contribution in [0.15, 0.2) is 23.1 Å². The van der Waals surface area contributed by atoms with Crippen LogP contribution >= 0.6 is 12.4 Å². The van der Waals surface area contributed by atoms with Crippen LogP contribution in [-0.2, 0) is 10.0 Å². The van der Waals surface area contributed by atoms with Crippen LogP contribution in [0.1, 0.15) is 37.6 Å². The van der Waals surface area contributed by atoms with Crippen molar-refractivity contribution in [1.82, 2.24) is 14.9 Å². The highest BCUT2D eigenvalue weighted by molar-refractivity contribution is 7.89. The van der Waals surface area contributed by atoms with Crippen molar-refractivity contribution in [3.8, 4) is 5.75 Å². The van der Waals surface area contributed by atoms with Crippen molar-refractivity contribution in [1.29, 1.82) is 0 Å². The zero-order chi connectivity index (χ0) is 19.3. The Morgan fingerprint density at radius 2 is 2.00 bits per heavy atom. The van der Waals surface area contributed by atoms with E-state index < -0.39 is 10.0 Å². The summed E-state index contributed by atoms with van der Waals surface area (Å²) >= 11 is 0. The van der Waals surface area contributed by atoms with Crippen molar-refractivity contribution in [2.45, 2.75) is 38.1 Å². The summed E-state index contributed by atoms with van der Waals surface area (Å²) in [5.74, 6) is 0.394. The number of sulfonamides is 1. The van der Waals surface area contributed by atoms with Crippen LogP contribution in [0.4, 0.5) is 0 Å². The first-order chi connectivity index (χ1) is 12.3. The predicted molar refractivity (Wildman–Crippen MR) is 108 cm³/mol. The molecule has 2 unspecified atom stereocenters. The van der Waals surface area contributed by atoms with Gasteiger partial charge in [0.05, 0.1) is 17.6 Å². The Hall–Kier alpha value is -1.35. The number of hydrogen-bond acceptors (Lipinski definition) is 5. The number of nitrogens with zero attached hydrogens (tertiary/aromatic N) is 1. The van der Waals surface area contributed by atoms with Crippen LogP contribution in [0.25, 0.3) is 0 Å². The van der Waals surface area contributed by atoms with E-state index in [-0.39, 0.29) is 34.8 Å². The van der Waals surface area contributed by atoms with Crippen molar-refractivity contribution in [3.63, 3.8) is 0 Å². The third-order valence-electron chi connectivity index (χ3n) is 4.90. The number of carbonyl (C=O) groups is 1. The van der Waals surface area contributed by atoms with Gasteiger partial charge in [-0.3, -0.25) is 4.79 Å². The second-order valence-corrected chi connectivity index (χ2v) is 8.44. The molecule has 1 heterocycles. The first-order valence-electron chi connectivity index (χ1n) is 9.04. The first kappa shape index (κ1) is 23.7. The number of hydrogen-bond donors (Lipinski definition) is 2. The number of rotatable bonds is 7. The summed E-state index contributed by atoms with van der Waals surface area (Å²) in [6.07, 6.45) is 0.985. The topological polar surface area (TPSA) is 87.7 Å². The third-order valence-corrected chi connectivity index (χ3v) is 6.95. The highest BCUT2D eigenvalue weighted by Crippen LogP contribution is 2.25. The van der Waals surface area contributed by atoms with Crippen molar-refractivity contribution in [3.05, 3.63) is 23.8 Å². The minimum absolute atomic E-state index is 0. The Morgan fingerprint density at radius 1 is 1.33 bits per heavy atom. The maximum Gasteiger partial charge on any atom is 0.255 e. The van der Waals surface area contributed by atoms with Crippen LogP contribution in [0.3, 0.4) is 0 Å². The molecule has 1 aromatic rings. The summed E-state index contributed by atoms with van der Waals surface area (Å²) in [6, 6.07) is 4.42. The van der Waals surface area contributed by atoms with Crippen LogP contribution in [0, 0.1) is 5.92 Å². The number of halogens is 1. The summed E-state index contributed by atoms with van der Waals surface area (Å²) in [5, 5.41) is 6.27. The molecule has 2 N–H and O–H groups in total. The molecule has 0 spiro atoms. The monoisotopic (exact) mass is 419 g/mol. The Balaban J connectivity index is 0.00000364. The van der Waals surface area contributed by atoms with Crippen molar-refractivity contribution < 1.29 is 17.9 Å². The zero-order valence-corrected chi connectivity index (χ0v) is 18.0. The fraction of sp³-hybridized carbons (Fsp3) is 0.611. The van der Waals surface area contributed by atoms with Gasteiger partial charge in [0, 0.05) is 25.7 Å². The largest absolute Gasteiger partial charge is 0.496 e. The number of piperidine rings is 1. The Labute approximate surface area is 168 Å². The molecule has 1 aliphatic heterocycles. The number of methoxy groups -OCH3 is 1. The number of benzene rings is 1. The first-order valence-corrected chi connectivity index (χ1v) is 10.5. The SMILES string of the molecule is CCN(CC)S(=O)(=O)c1ccc(OC)c(C(=O)NC2CNCCC2C)c1.Cl. The average molecular weight is 420 g/mol. The Bertz CT molecular complexity index is 738. The molecule has 27 heavy (non-hydrogen) atoms. The maximum absolute atomic E-state index is 12.8. The number of carbonyl (C=O) groups excluding carboxylic acids is 1. The molecule has 1 amide bonds. The lowest BCUT2D eigenvalue weighted by atomic mass is 9.94. The molecule has 9 heteroatoms. The standard InChI is InChI=1S/C18H29N3O4S.ClH/c1-5-21(6-2)26(23,24)14-7-8-17(25-4)15(11-14)18(22)20-16-12-19-10-9-13(16)3;/h7-8,11,13,16,19H,5-6,9-10,12H2,1-4H3,(H,20,22);1H. The molecule has 7 nitrogen and oxygen atoms in total.